The van der Waals surface area contributed by atoms with Crippen molar-refractivity contribution in [2.45, 2.75) is 39.3 Å². The Morgan fingerprint density at radius 3 is 2.52 bits per heavy atom. The molecule has 0 fully saturated rings. The number of hydrogen-bond donors (Lipinski definition) is 2. The molecule has 1 aromatic heterocycles. The minimum Gasteiger partial charge on any atom is -0.379 e. The first kappa shape index (κ1) is 23.6. The van der Waals surface area contributed by atoms with Gasteiger partial charge in [0, 0.05) is 31.5 Å². The van der Waals surface area contributed by atoms with Crippen LogP contribution >= 0.6 is 11.3 Å². The van der Waals surface area contributed by atoms with Crippen LogP contribution in [0.3, 0.4) is 0 Å². The van der Waals surface area contributed by atoms with Gasteiger partial charge >= 0.3 is 6.18 Å². The van der Waals surface area contributed by atoms with Gasteiger partial charge in [-0.2, -0.15) is 13.2 Å². The third-order valence-electron chi connectivity index (χ3n) is 3.34. The van der Waals surface area contributed by atoms with E-state index in [-0.39, 0.29) is 0 Å². The van der Waals surface area contributed by atoms with Crippen molar-refractivity contribution in [3.63, 3.8) is 0 Å². The van der Waals surface area contributed by atoms with Gasteiger partial charge in [0.2, 0.25) is 0 Å². The molecule has 156 valence electrons. The van der Waals surface area contributed by atoms with Crippen LogP contribution in [-0.4, -0.2) is 57.0 Å². The van der Waals surface area contributed by atoms with E-state index >= 15 is 0 Å². The van der Waals surface area contributed by atoms with Crippen molar-refractivity contribution in [3.8, 4) is 0 Å². The van der Waals surface area contributed by atoms with Crippen LogP contribution in [0.2, 0.25) is 0 Å². The second kappa shape index (κ2) is 13.7. The molecule has 0 aromatic carbocycles. The van der Waals surface area contributed by atoms with Gasteiger partial charge in [0.05, 0.1) is 31.4 Å². The highest BCUT2D eigenvalue weighted by molar-refractivity contribution is 7.09. The van der Waals surface area contributed by atoms with E-state index in [0.717, 1.165) is 36.2 Å². The van der Waals surface area contributed by atoms with Crippen LogP contribution in [0.5, 0.6) is 0 Å². The molecule has 0 unspecified atom stereocenters. The Morgan fingerprint density at radius 2 is 1.89 bits per heavy atom. The fourth-order valence-electron chi connectivity index (χ4n) is 1.98. The van der Waals surface area contributed by atoms with Gasteiger partial charge in [-0.25, -0.2) is 4.98 Å². The number of guanidine groups is 1. The average Bonchev–Trinajstić information content (AvgIpc) is 3.09. The molecule has 0 bridgehead atoms. The summed E-state index contributed by atoms with van der Waals surface area (Å²) >= 11 is 1.01. The molecule has 1 heterocycles. The molecule has 0 spiro atoms. The maximum absolute atomic E-state index is 12.5. The van der Waals surface area contributed by atoms with Crippen molar-refractivity contribution in [1.29, 1.82) is 0 Å². The zero-order valence-corrected chi connectivity index (χ0v) is 16.7. The molecule has 0 atom stereocenters. The predicted molar refractivity (Wildman–Crippen MR) is 101 cm³/mol. The quantitative estimate of drug-likeness (QED) is 0.297. The Morgan fingerprint density at radius 1 is 1.15 bits per heavy atom. The van der Waals surface area contributed by atoms with Crippen LogP contribution in [-0.2, 0) is 22.1 Å². The van der Waals surface area contributed by atoms with E-state index in [0.29, 0.717) is 56.8 Å². The zero-order valence-electron chi connectivity index (χ0n) is 15.9. The Labute approximate surface area is 162 Å². The summed E-state index contributed by atoms with van der Waals surface area (Å²) in [5.74, 6) is 0.605. The summed E-state index contributed by atoms with van der Waals surface area (Å²) in [6, 6.07) is 0. The standard InChI is InChI=1S/C17H29F3N4O2S/c1-3-5-9-25-11-12-26-10-8-23-16(21-4-2)22-7-6-15-24-14(13-27-15)17(18,19)20/h13H,3-12H2,1-2H3,(H2,21,22,23). The van der Waals surface area contributed by atoms with Gasteiger partial charge < -0.3 is 20.1 Å². The van der Waals surface area contributed by atoms with Crippen LogP contribution in [0.25, 0.3) is 0 Å². The number of ether oxygens (including phenoxy) is 2. The van der Waals surface area contributed by atoms with Gasteiger partial charge in [-0.1, -0.05) is 13.3 Å². The highest BCUT2D eigenvalue weighted by atomic mass is 32.1. The predicted octanol–water partition coefficient (Wildman–Crippen LogP) is 3.09. The molecule has 2 N–H and O–H groups in total. The SMILES string of the molecule is CCCCOCCOCCN=C(NCC)NCCc1nc(C(F)(F)F)cs1. The van der Waals surface area contributed by atoms with E-state index in [1.807, 2.05) is 6.92 Å². The van der Waals surface area contributed by atoms with E-state index in [1.54, 1.807) is 0 Å². The summed E-state index contributed by atoms with van der Waals surface area (Å²) in [4.78, 5) is 7.98. The molecule has 0 amide bonds. The van der Waals surface area contributed by atoms with Crippen molar-refractivity contribution in [1.82, 2.24) is 15.6 Å². The maximum Gasteiger partial charge on any atom is 0.434 e. The number of alkyl halides is 3. The lowest BCUT2D eigenvalue weighted by Crippen LogP contribution is -2.38. The molecule has 1 aromatic rings. The molecule has 27 heavy (non-hydrogen) atoms. The summed E-state index contributed by atoms with van der Waals surface area (Å²) in [6.45, 7) is 8.04. The Balaban J connectivity index is 2.22. The molecule has 0 aliphatic heterocycles. The first-order valence-corrected chi connectivity index (χ1v) is 10.0. The molecule has 0 aliphatic carbocycles. The van der Waals surface area contributed by atoms with Gasteiger partial charge in [0.1, 0.15) is 0 Å². The summed E-state index contributed by atoms with van der Waals surface area (Å²) in [7, 11) is 0. The van der Waals surface area contributed by atoms with Crippen LogP contribution in [0.4, 0.5) is 13.2 Å². The molecule has 1 rings (SSSR count). The van der Waals surface area contributed by atoms with Crippen LogP contribution in [0.15, 0.2) is 10.4 Å². The molecular weight excluding hydrogens is 381 g/mol. The van der Waals surface area contributed by atoms with Crippen molar-refractivity contribution in [3.05, 3.63) is 16.1 Å². The minimum atomic E-state index is -4.39. The molecule has 10 heteroatoms. The second-order valence-electron chi connectivity index (χ2n) is 5.64. The number of rotatable bonds is 13. The third-order valence-corrected chi connectivity index (χ3v) is 4.25. The van der Waals surface area contributed by atoms with Gasteiger partial charge in [0.25, 0.3) is 0 Å². The normalized spacial score (nSPS) is 12.4. The first-order valence-electron chi connectivity index (χ1n) is 9.16. The van der Waals surface area contributed by atoms with E-state index in [9.17, 15) is 13.2 Å². The van der Waals surface area contributed by atoms with Crippen LogP contribution in [0.1, 0.15) is 37.4 Å². The zero-order chi connectivity index (χ0) is 20.0. The number of aromatic nitrogens is 1. The summed E-state index contributed by atoms with van der Waals surface area (Å²) in [6.07, 6.45) is -1.82. The topological polar surface area (TPSA) is 67.8 Å². The minimum absolute atomic E-state index is 0.400. The Bertz CT molecular complexity index is 538. The highest BCUT2D eigenvalue weighted by Gasteiger charge is 2.33. The molecule has 0 aliphatic rings. The van der Waals surface area contributed by atoms with E-state index in [1.165, 1.54) is 0 Å². The molecule has 0 saturated heterocycles. The fraction of sp³-hybridized carbons (Fsp3) is 0.765. The number of thiazole rings is 1. The number of nitrogens with zero attached hydrogens (tertiary/aromatic N) is 2. The summed E-state index contributed by atoms with van der Waals surface area (Å²) in [5, 5.41) is 7.65. The number of nitrogens with one attached hydrogen (secondary N) is 2. The van der Waals surface area contributed by atoms with E-state index in [4.69, 9.17) is 9.47 Å². The molecule has 0 radical (unpaired) electrons. The van der Waals surface area contributed by atoms with Crippen molar-refractivity contribution in [2.75, 3.05) is 46.1 Å². The number of unbranched alkanes of at least 4 members (excludes halogenated alkanes) is 1. The molecular formula is C17H29F3N4O2S. The monoisotopic (exact) mass is 410 g/mol. The van der Waals surface area contributed by atoms with Crippen molar-refractivity contribution in [2.24, 2.45) is 4.99 Å². The first-order chi connectivity index (χ1) is 13.0. The van der Waals surface area contributed by atoms with Crippen LogP contribution in [0, 0.1) is 0 Å². The van der Waals surface area contributed by atoms with Gasteiger partial charge in [-0.05, 0) is 13.3 Å². The van der Waals surface area contributed by atoms with Gasteiger partial charge in [-0.3, -0.25) is 4.99 Å². The van der Waals surface area contributed by atoms with Crippen molar-refractivity contribution < 1.29 is 22.6 Å². The van der Waals surface area contributed by atoms with Gasteiger partial charge in [0.15, 0.2) is 11.7 Å². The Kier molecular flexibility index (Phi) is 12.0. The largest absolute Gasteiger partial charge is 0.434 e. The van der Waals surface area contributed by atoms with Crippen LogP contribution < -0.4 is 10.6 Å². The highest BCUT2D eigenvalue weighted by Crippen LogP contribution is 2.29. The van der Waals surface area contributed by atoms with Gasteiger partial charge in [-0.15, -0.1) is 11.3 Å². The number of halogens is 3. The number of hydrogen-bond acceptors (Lipinski definition) is 5. The molecule has 0 saturated carbocycles. The average molecular weight is 411 g/mol. The Hall–Kier alpha value is -1.39. The lowest BCUT2D eigenvalue weighted by molar-refractivity contribution is -0.140. The third kappa shape index (κ3) is 11.1. The van der Waals surface area contributed by atoms with E-state index in [2.05, 4.69) is 27.5 Å². The van der Waals surface area contributed by atoms with Crippen molar-refractivity contribution >= 4 is 17.3 Å². The maximum atomic E-state index is 12.5. The van der Waals surface area contributed by atoms with E-state index < -0.39 is 11.9 Å². The summed E-state index contributed by atoms with van der Waals surface area (Å²) < 4.78 is 48.5. The fourth-order valence-corrected chi connectivity index (χ4v) is 2.78. The number of aliphatic imine (C=N–C) groups is 1. The lowest BCUT2D eigenvalue weighted by atomic mass is 10.4. The molecule has 6 nitrogen and oxygen atoms in total. The summed E-state index contributed by atoms with van der Waals surface area (Å²) in [5.41, 5.74) is -0.834. The second-order valence-corrected chi connectivity index (χ2v) is 6.58. The smallest absolute Gasteiger partial charge is 0.379 e. The lowest BCUT2D eigenvalue weighted by Gasteiger charge is -2.10.